The van der Waals surface area contributed by atoms with Crippen LogP contribution >= 0.6 is 0 Å². The first-order valence-electron chi connectivity index (χ1n) is 7.04. The van der Waals surface area contributed by atoms with Gasteiger partial charge in [-0.25, -0.2) is 4.68 Å². The van der Waals surface area contributed by atoms with Crippen molar-refractivity contribution < 1.29 is 23.0 Å². The average molecular weight is 328 g/mol. The number of fused-ring (bicyclic) bond motifs is 1. The largest absolute Gasteiger partial charge is 0.573 e. The van der Waals surface area contributed by atoms with Crippen LogP contribution in [0.1, 0.15) is 17.0 Å². The maximum Gasteiger partial charge on any atom is 0.573 e. The summed E-state index contributed by atoms with van der Waals surface area (Å²) in [5.41, 5.74) is 2.31. The zero-order valence-electron chi connectivity index (χ0n) is 12.1. The second-order valence-electron chi connectivity index (χ2n) is 5.27. The fourth-order valence-electron chi connectivity index (χ4n) is 2.56. The lowest BCUT2D eigenvalue weighted by Crippen LogP contribution is -2.33. The zero-order chi connectivity index (χ0) is 16.4. The number of aliphatic hydroxyl groups excluding tert-OH is 1. The molecule has 0 unspecified atom stereocenters. The quantitative estimate of drug-likeness (QED) is 0.925. The summed E-state index contributed by atoms with van der Waals surface area (Å²) in [5.74, 6) is -0.232. The summed E-state index contributed by atoms with van der Waals surface area (Å²) >= 11 is 0. The Labute approximate surface area is 130 Å². The van der Waals surface area contributed by atoms with Crippen molar-refractivity contribution in [1.29, 1.82) is 0 Å². The molecule has 1 aromatic heterocycles. The molecule has 9 heteroatoms. The molecule has 0 amide bonds. The van der Waals surface area contributed by atoms with Gasteiger partial charge in [0.05, 0.1) is 18.8 Å². The van der Waals surface area contributed by atoms with Crippen molar-refractivity contribution in [2.45, 2.75) is 32.6 Å². The Morgan fingerprint density at radius 2 is 1.91 bits per heavy atom. The molecule has 0 radical (unpaired) electrons. The Morgan fingerprint density at radius 1 is 1.17 bits per heavy atom. The van der Waals surface area contributed by atoms with E-state index in [1.165, 1.54) is 12.1 Å². The summed E-state index contributed by atoms with van der Waals surface area (Å²) in [6.45, 7) is 2.43. The normalized spacial score (nSPS) is 15.5. The van der Waals surface area contributed by atoms with Gasteiger partial charge in [-0.2, -0.15) is 0 Å². The highest BCUT2D eigenvalue weighted by atomic mass is 19.4. The molecule has 1 aromatic carbocycles. The van der Waals surface area contributed by atoms with Crippen LogP contribution in [0, 0.1) is 0 Å². The van der Waals surface area contributed by atoms with E-state index in [0.717, 1.165) is 17.8 Å². The molecule has 0 aliphatic carbocycles. The van der Waals surface area contributed by atoms with E-state index in [1.807, 2.05) is 0 Å². The molecule has 0 atom stereocenters. The lowest BCUT2D eigenvalue weighted by atomic mass is 10.1. The first kappa shape index (κ1) is 15.8. The maximum absolute atomic E-state index is 12.1. The van der Waals surface area contributed by atoms with Crippen molar-refractivity contribution in [3.05, 3.63) is 41.2 Å². The summed E-state index contributed by atoms with van der Waals surface area (Å²) < 4.78 is 42.0. The van der Waals surface area contributed by atoms with E-state index in [2.05, 4.69) is 19.9 Å². The second kappa shape index (κ2) is 6.17. The Balaban J connectivity index is 1.64. The van der Waals surface area contributed by atoms with Gasteiger partial charge in [0.1, 0.15) is 11.4 Å². The number of alkyl halides is 3. The minimum absolute atomic E-state index is 0.160. The third-order valence-corrected chi connectivity index (χ3v) is 3.63. The molecule has 3 rings (SSSR count). The van der Waals surface area contributed by atoms with E-state index in [-0.39, 0.29) is 12.4 Å². The lowest BCUT2D eigenvalue weighted by Gasteiger charge is -2.27. The molecule has 0 fully saturated rings. The summed E-state index contributed by atoms with van der Waals surface area (Å²) in [7, 11) is 0. The summed E-state index contributed by atoms with van der Waals surface area (Å²) in [5, 5.41) is 17.1. The van der Waals surface area contributed by atoms with E-state index in [4.69, 9.17) is 0 Å². The molecule has 2 heterocycles. The Kier molecular flexibility index (Phi) is 4.22. The minimum atomic E-state index is -4.68. The van der Waals surface area contributed by atoms with Crippen molar-refractivity contribution in [3.8, 4) is 5.75 Å². The predicted octanol–water partition coefficient (Wildman–Crippen LogP) is 1.68. The molecule has 2 aromatic rings. The van der Waals surface area contributed by atoms with Gasteiger partial charge in [0.25, 0.3) is 0 Å². The van der Waals surface area contributed by atoms with E-state index in [0.29, 0.717) is 25.3 Å². The topological polar surface area (TPSA) is 63.4 Å². The second-order valence-corrected chi connectivity index (χ2v) is 5.27. The van der Waals surface area contributed by atoms with Crippen molar-refractivity contribution in [3.63, 3.8) is 0 Å². The molecule has 0 saturated heterocycles. The molecule has 0 saturated carbocycles. The fourth-order valence-corrected chi connectivity index (χ4v) is 2.56. The van der Waals surface area contributed by atoms with Crippen LogP contribution in [0.25, 0.3) is 0 Å². The Bertz CT molecular complexity index is 656. The SMILES string of the molecule is OCc1nnn2c1CN(Cc1ccc(OC(F)(F)F)cc1)CC2. The molecule has 1 aliphatic heterocycles. The van der Waals surface area contributed by atoms with Crippen molar-refractivity contribution >= 4 is 0 Å². The third kappa shape index (κ3) is 3.80. The van der Waals surface area contributed by atoms with Crippen molar-refractivity contribution in [1.82, 2.24) is 19.9 Å². The Hall–Kier alpha value is -2.13. The molecule has 1 aliphatic rings. The minimum Gasteiger partial charge on any atom is -0.406 e. The summed E-state index contributed by atoms with van der Waals surface area (Å²) in [4.78, 5) is 2.12. The van der Waals surface area contributed by atoms with Gasteiger partial charge in [0, 0.05) is 19.6 Å². The van der Waals surface area contributed by atoms with Gasteiger partial charge in [0.15, 0.2) is 0 Å². The van der Waals surface area contributed by atoms with Crippen LogP contribution in [0.15, 0.2) is 24.3 Å². The van der Waals surface area contributed by atoms with Crippen LogP contribution < -0.4 is 4.74 Å². The van der Waals surface area contributed by atoms with Gasteiger partial charge in [-0.15, -0.1) is 18.3 Å². The molecule has 1 N–H and O–H groups in total. The van der Waals surface area contributed by atoms with Crippen molar-refractivity contribution in [2.24, 2.45) is 0 Å². The zero-order valence-corrected chi connectivity index (χ0v) is 12.1. The number of rotatable bonds is 4. The molecular weight excluding hydrogens is 313 g/mol. The summed E-state index contributed by atoms with van der Waals surface area (Å²) in [6.07, 6.45) is -4.68. The smallest absolute Gasteiger partial charge is 0.406 e. The molecular formula is C14H15F3N4O2. The van der Waals surface area contributed by atoms with Crippen LogP contribution in [-0.4, -0.2) is 37.9 Å². The first-order valence-corrected chi connectivity index (χ1v) is 7.04. The number of aromatic nitrogens is 3. The number of hydrogen-bond acceptors (Lipinski definition) is 5. The van der Waals surface area contributed by atoms with Gasteiger partial charge in [0.2, 0.25) is 0 Å². The van der Waals surface area contributed by atoms with Gasteiger partial charge in [-0.05, 0) is 17.7 Å². The monoisotopic (exact) mass is 328 g/mol. The maximum atomic E-state index is 12.1. The van der Waals surface area contributed by atoms with Gasteiger partial charge in [-0.3, -0.25) is 4.90 Å². The highest BCUT2D eigenvalue weighted by Crippen LogP contribution is 2.23. The van der Waals surface area contributed by atoms with Gasteiger partial charge >= 0.3 is 6.36 Å². The van der Waals surface area contributed by atoms with Crippen molar-refractivity contribution in [2.75, 3.05) is 6.54 Å². The fraction of sp³-hybridized carbons (Fsp3) is 0.429. The van der Waals surface area contributed by atoms with Crippen LogP contribution in [0.2, 0.25) is 0 Å². The number of halogens is 3. The van der Waals surface area contributed by atoms with Crippen LogP contribution in [0.4, 0.5) is 13.2 Å². The predicted molar refractivity (Wildman–Crippen MR) is 73.2 cm³/mol. The number of aliphatic hydroxyl groups is 1. The molecule has 6 nitrogen and oxygen atoms in total. The highest BCUT2D eigenvalue weighted by molar-refractivity contribution is 5.27. The number of nitrogens with zero attached hydrogens (tertiary/aromatic N) is 4. The summed E-state index contributed by atoms with van der Waals surface area (Å²) in [6, 6.07) is 5.83. The lowest BCUT2D eigenvalue weighted by molar-refractivity contribution is -0.274. The first-order chi connectivity index (χ1) is 10.9. The Morgan fingerprint density at radius 3 is 2.57 bits per heavy atom. The molecule has 0 bridgehead atoms. The van der Waals surface area contributed by atoms with E-state index < -0.39 is 6.36 Å². The van der Waals surface area contributed by atoms with Gasteiger partial charge in [-0.1, -0.05) is 17.3 Å². The van der Waals surface area contributed by atoms with E-state index in [1.54, 1.807) is 16.8 Å². The van der Waals surface area contributed by atoms with Gasteiger partial charge < -0.3 is 9.84 Å². The highest BCUT2D eigenvalue weighted by Gasteiger charge is 2.31. The van der Waals surface area contributed by atoms with E-state index in [9.17, 15) is 18.3 Å². The molecule has 124 valence electrons. The van der Waals surface area contributed by atoms with Crippen LogP contribution in [0.3, 0.4) is 0 Å². The van der Waals surface area contributed by atoms with Crippen LogP contribution in [0.5, 0.6) is 5.75 Å². The average Bonchev–Trinajstić information content (AvgIpc) is 2.90. The third-order valence-electron chi connectivity index (χ3n) is 3.63. The number of hydrogen-bond donors (Lipinski definition) is 1. The number of ether oxygens (including phenoxy) is 1. The standard InChI is InChI=1S/C14H15F3N4O2/c15-14(16,17)23-11-3-1-10(2-4-11)7-20-5-6-21-13(8-20)12(9-22)18-19-21/h1-4,22H,5-9H2. The number of benzene rings is 1. The molecule has 0 spiro atoms. The molecule has 23 heavy (non-hydrogen) atoms. The van der Waals surface area contributed by atoms with E-state index >= 15 is 0 Å². The van der Waals surface area contributed by atoms with Crippen LogP contribution in [-0.2, 0) is 26.2 Å².